The van der Waals surface area contributed by atoms with Crippen LogP contribution in [0.1, 0.15) is 51.3 Å². The Labute approximate surface area is 164 Å². The lowest BCUT2D eigenvalue weighted by Gasteiger charge is -2.34. The number of hydrogen-bond donors (Lipinski definition) is 0. The van der Waals surface area contributed by atoms with Crippen LogP contribution in [-0.4, -0.2) is 53.6 Å². The average Bonchev–Trinajstić information content (AvgIpc) is 3.42. The van der Waals surface area contributed by atoms with E-state index in [0.29, 0.717) is 37.5 Å². The molecule has 2 heterocycles. The SMILES string of the molecule is O=C(CCC(=O)N1CCN(C(=O)c2ccco2)CC1)c1ccc2c(c1)CCC2. The second-order valence-corrected chi connectivity index (χ2v) is 7.41. The first kappa shape index (κ1) is 18.5. The summed E-state index contributed by atoms with van der Waals surface area (Å²) in [5.74, 6) is 0.165. The standard InChI is InChI=1S/C22H24N2O4/c25-19(18-7-6-16-3-1-4-17(16)15-18)8-9-21(26)23-10-12-24(13-11-23)22(27)20-5-2-14-28-20/h2,5-7,14-15H,1,3-4,8-13H2. The van der Waals surface area contributed by atoms with Gasteiger partial charge in [-0.1, -0.05) is 12.1 Å². The van der Waals surface area contributed by atoms with Crippen LogP contribution in [0.4, 0.5) is 0 Å². The van der Waals surface area contributed by atoms with E-state index in [1.807, 2.05) is 18.2 Å². The molecule has 2 aromatic rings. The van der Waals surface area contributed by atoms with Gasteiger partial charge in [-0.3, -0.25) is 14.4 Å². The lowest BCUT2D eigenvalue weighted by atomic mass is 10.0. The zero-order chi connectivity index (χ0) is 19.5. The van der Waals surface area contributed by atoms with Crippen molar-refractivity contribution >= 4 is 17.6 Å². The topological polar surface area (TPSA) is 70.8 Å². The lowest BCUT2D eigenvalue weighted by molar-refractivity contribution is -0.132. The van der Waals surface area contributed by atoms with Crippen LogP contribution in [0.3, 0.4) is 0 Å². The van der Waals surface area contributed by atoms with Crippen molar-refractivity contribution in [2.75, 3.05) is 26.2 Å². The molecule has 1 saturated heterocycles. The molecule has 2 amide bonds. The molecule has 1 aromatic carbocycles. The fourth-order valence-electron chi connectivity index (χ4n) is 3.98. The van der Waals surface area contributed by atoms with Gasteiger partial charge in [0.2, 0.25) is 5.91 Å². The Morgan fingerprint density at radius 2 is 1.64 bits per heavy atom. The van der Waals surface area contributed by atoms with Gasteiger partial charge in [-0.25, -0.2) is 0 Å². The molecular formula is C22H24N2O4. The van der Waals surface area contributed by atoms with Crippen LogP contribution in [-0.2, 0) is 17.6 Å². The predicted octanol–water partition coefficient (Wildman–Crippen LogP) is 2.72. The minimum atomic E-state index is -0.149. The quantitative estimate of drug-likeness (QED) is 0.748. The Morgan fingerprint density at radius 1 is 0.893 bits per heavy atom. The van der Waals surface area contributed by atoms with Crippen molar-refractivity contribution in [3.63, 3.8) is 0 Å². The minimum Gasteiger partial charge on any atom is -0.459 e. The van der Waals surface area contributed by atoms with Crippen LogP contribution in [0.2, 0.25) is 0 Å². The predicted molar refractivity (Wildman–Crippen MR) is 103 cm³/mol. The number of ketones is 1. The highest BCUT2D eigenvalue weighted by Crippen LogP contribution is 2.23. The molecule has 1 aliphatic heterocycles. The molecule has 6 nitrogen and oxygen atoms in total. The Morgan fingerprint density at radius 3 is 2.39 bits per heavy atom. The van der Waals surface area contributed by atoms with E-state index in [4.69, 9.17) is 4.42 Å². The normalized spacial score (nSPS) is 16.1. The number of Topliss-reactive ketones (excluding diaryl/α,β-unsaturated/α-hetero) is 1. The number of furan rings is 1. The molecule has 0 unspecified atom stereocenters. The van der Waals surface area contributed by atoms with Crippen LogP contribution in [0.5, 0.6) is 0 Å². The third kappa shape index (κ3) is 3.86. The van der Waals surface area contributed by atoms with Crippen molar-refractivity contribution in [1.82, 2.24) is 9.80 Å². The van der Waals surface area contributed by atoms with E-state index in [9.17, 15) is 14.4 Å². The molecule has 1 aliphatic carbocycles. The number of amides is 2. The summed E-state index contributed by atoms with van der Waals surface area (Å²) >= 11 is 0. The van der Waals surface area contributed by atoms with Gasteiger partial charge in [0.1, 0.15) is 0 Å². The van der Waals surface area contributed by atoms with E-state index in [0.717, 1.165) is 19.3 Å². The number of carbonyl (C=O) groups is 3. The highest BCUT2D eigenvalue weighted by atomic mass is 16.3. The number of nitrogens with zero attached hydrogens (tertiary/aromatic N) is 2. The van der Waals surface area contributed by atoms with Crippen molar-refractivity contribution in [1.29, 1.82) is 0 Å². The monoisotopic (exact) mass is 380 g/mol. The number of piperazine rings is 1. The highest BCUT2D eigenvalue weighted by Gasteiger charge is 2.26. The van der Waals surface area contributed by atoms with Crippen LogP contribution in [0.15, 0.2) is 41.0 Å². The first-order valence-electron chi connectivity index (χ1n) is 9.87. The summed E-state index contributed by atoms with van der Waals surface area (Å²) in [7, 11) is 0. The number of fused-ring (bicyclic) bond motifs is 1. The van der Waals surface area contributed by atoms with Crippen molar-refractivity contribution in [3.05, 3.63) is 59.0 Å². The molecule has 0 bridgehead atoms. The van der Waals surface area contributed by atoms with E-state index in [1.54, 1.807) is 21.9 Å². The van der Waals surface area contributed by atoms with Crippen LogP contribution < -0.4 is 0 Å². The largest absolute Gasteiger partial charge is 0.459 e. The smallest absolute Gasteiger partial charge is 0.289 e. The maximum atomic E-state index is 12.5. The maximum absolute atomic E-state index is 12.5. The molecule has 4 rings (SSSR count). The van der Waals surface area contributed by atoms with E-state index >= 15 is 0 Å². The average molecular weight is 380 g/mol. The zero-order valence-electron chi connectivity index (χ0n) is 15.9. The molecule has 1 aromatic heterocycles. The van der Waals surface area contributed by atoms with Crippen molar-refractivity contribution in [3.8, 4) is 0 Å². The van der Waals surface area contributed by atoms with Gasteiger partial charge < -0.3 is 14.2 Å². The van der Waals surface area contributed by atoms with Crippen molar-refractivity contribution in [2.45, 2.75) is 32.1 Å². The van der Waals surface area contributed by atoms with E-state index in [-0.39, 0.29) is 30.4 Å². The Kier molecular flexibility index (Phi) is 5.28. The summed E-state index contributed by atoms with van der Waals surface area (Å²) in [4.78, 5) is 40.7. The molecule has 2 aliphatic rings. The molecule has 146 valence electrons. The molecule has 6 heteroatoms. The Bertz CT molecular complexity index is 880. The van der Waals surface area contributed by atoms with E-state index in [2.05, 4.69) is 0 Å². The van der Waals surface area contributed by atoms with Gasteiger partial charge in [0.25, 0.3) is 5.91 Å². The lowest BCUT2D eigenvalue weighted by Crippen LogP contribution is -2.50. The summed E-state index contributed by atoms with van der Waals surface area (Å²) in [5.41, 5.74) is 3.33. The van der Waals surface area contributed by atoms with E-state index < -0.39 is 0 Å². The molecule has 0 saturated carbocycles. The van der Waals surface area contributed by atoms with Gasteiger partial charge in [0.05, 0.1) is 6.26 Å². The van der Waals surface area contributed by atoms with Gasteiger partial charge in [-0.15, -0.1) is 0 Å². The Balaban J connectivity index is 1.25. The molecule has 0 atom stereocenters. The summed E-state index contributed by atoms with van der Waals surface area (Å²) in [6.07, 6.45) is 5.20. The minimum absolute atomic E-state index is 0.0229. The fraction of sp³-hybridized carbons (Fsp3) is 0.409. The zero-order valence-corrected chi connectivity index (χ0v) is 15.9. The third-order valence-corrected chi connectivity index (χ3v) is 5.64. The number of benzene rings is 1. The van der Waals surface area contributed by atoms with Crippen LogP contribution >= 0.6 is 0 Å². The van der Waals surface area contributed by atoms with Gasteiger partial charge in [0, 0.05) is 44.6 Å². The summed E-state index contributed by atoms with van der Waals surface area (Å²) in [5, 5.41) is 0. The summed E-state index contributed by atoms with van der Waals surface area (Å²) in [6.45, 7) is 1.92. The second-order valence-electron chi connectivity index (χ2n) is 7.41. The number of rotatable bonds is 5. The molecule has 0 spiro atoms. The number of hydrogen-bond acceptors (Lipinski definition) is 4. The molecule has 1 fully saturated rings. The van der Waals surface area contributed by atoms with Gasteiger partial charge >= 0.3 is 0 Å². The van der Waals surface area contributed by atoms with Gasteiger partial charge in [0.15, 0.2) is 11.5 Å². The van der Waals surface area contributed by atoms with Crippen LogP contribution in [0.25, 0.3) is 0 Å². The molecule has 0 N–H and O–H groups in total. The fourth-order valence-corrected chi connectivity index (χ4v) is 3.98. The highest BCUT2D eigenvalue weighted by molar-refractivity contribution is 5.98. The molecule has 28 heavy (non-hydrogen) atoms. The van der Waals surface area contributed by atoms with Crippen molar-refractivity contribution in [2.24, 2.45) is 0 Å². The van der Waals surface area contributed by atoms with Crippen molar-refractivity contribution < 1.29 is 18.8 Å². The summed E-state index contributed by atoms with van der Waals surface area (Å²) < 4.78 is 5.15. The maximum Gasteiger partial charge on any atom is 0.289 e. The van der Waals surface area contributed by atoms with E-state index in [1.165, 1.54) is 17.4 Å². The Hall–Kier alpha value is -2.89. The number of carbonyl (C=O) groups excluding carboxylic acids is 3. The molecular weight excluding hydrogens is 356 g/mol. The second kappa shape index (κ2) is 8.00. The molecule has 0 radical (unpaired) electrons. The number of aryl methyl sites for hydroxylation is 2. The van der Waals surface area contributed by atoms with Gasteiger partial charge in [-0.2, -0.15) is 0 Å². The first-order chi connectivity index (χ1) is 13.6. The van der Waals surface area contributed by atoms with Crippen LogP contribution in [0, 0.1) is 0 Å². The summed E-state index contributed by atoms with van der Waals surface area (Å²) in [6, 6.07) is 9.26. The first-order valence-corrected chi connectivity index (χ1v) is 9.87. The van der Waals surface area contributed by atoms with Gasteiger partial charge in [-0.05, 0) is 48.6 Å². The third-order valence-electron chi connectivity index (χ3n) is 5.64.